The Morgan fingerprint density at radius 1 is 1.33 bits per heavy atom. The number of hydrogen-bond acceptors (Lipinski definition) is 3. The van der Waals surface area contributed by atoms with Crippen molar-refractivity contribution in [2.45, 2.75) is 45.8 Å². The minimum Gasteiger partial charge on any atom is -0.383 e. The lowest BCUT2D eigenvalue weighted by Crippen LogP contribution is -2.35. The monoisotopic (exact) mass is 327 g/mol. The highest BCUT2D eigenvalue weighted by molar-refractivity contribution is 5.95. The first-order valence-corrected chi connectivity index (χ1v) is 8.56. The number of carbonyl (C=O) groups is 1. The van der Waals surface area contributed by atoms with E-state index in [1.807, 2.05) is 42.8 Å². The standard InChI is InChI=1S/C19H25N3O2/c1-4-10-22-15(3)16(12-20-22)18(23)21-11-9-19(24,13-21)17-8-6-5-7-14(17)2/h5-8,12,24H,4,9-11,13H2,1-3H3/t19-/m0/s1. The number of carbonyl (C=O) groups excluding carboxylic acids is 1. The van der Waals surface area contributed by atoms with Crippen LogP contribution in [-0.4, -0.2) is 38.8 Å². The number of aryl methyl sites for hydroxylation is 2. The van der Waals surface area contributed by atoms with Crippen molar-refractivity contribution in [2.75, 3.05) is 13.1 Å². The van der Waals surface area contributed by atoms with Gasteiger partial charge in [-0.15, -0.1) is 0 Å². The highest BCUT2D eigenvalue weighted by atomic mass is 16.3. The summed E-state index contributed by atoms with van der Waals surface area (Å²) in [5.41, 5.74) is 2.54. The molecule has 3 rings (SSSR count). The molecule has 0 aliphatic carbocycles. The third-order valence-corrected chi connectivity index (χ3v) is 4.95. The fourth-order valence-electron chi connectivity index (χ4n) is 3.55. The Bertz CT molecular complexity index is 753. The fourth-order valence-corrected chi connectivity index (χ4v) is 3.55. The van der Waals surface area contributed by atoms with Gasteiger partial charge < -0.3 is 10.0 Å². The first-order valence-electron chi connectivity index (χ1n) is 8.56. The van der Waals surface area contributed by atoms with Crippen LogP contribution in [0.25, 0.3) is 0 Å². The van der Waals surface area contributed by atoms with Crippen molar-refractivity contribution >= 4 is 5.91 Å². The fraction of sp³-hybridized carbons (Fsp3) is 0.474. The van der Waals surface area contributed by atoms with Gasteiger partial charge in [0.05, 0.1) is 18.3 Å². The highest BCUT2D eigenvalue weighted by Gasteiger charge is 2.41. The summed E-state index contributed by atoms with van der Waals surface area (Å²) in [6.07, 6.45) is 3.19. The second-order valence-electron chi connectivity index (χ2n) is 6.69. The van der Waals surface area contributed by atoms with Gasteiger partial charge in [-0.05, 0) is 37.8 Å². The number of likely N-dealkylation sites (tertiary alicyclic amines) is 1. The number of β-amino-alcohol motifs (C(OH)–C–C–N with tert-alkyl or cyclic N) is 1. The molecule has 1 N–H and O–H groups in total. The highest BCUT2D eigenvalue weighted by Crippen LogP contribution is 2.34. The molecule has 0 spiro atoms. The minimum absolute atomic E-state index is 0.0423. The first kappa shape index (κ1) is 16.7. The largest absolute Gasteiger partial charge is 0.383 e. The van der Waals surface area contributed by atoms with Crippen LogP contribution in [0.5, 0.6) is 0 Å². The Labute approximate surface area is 142 Å². The number of benzene rings is 1. The zero-order valence-electron chi connectivity index (χ0n) is 14.6. The van der Waals surface area contributed by atoms with Gasteiger partial charge in [0.2, 0.25) is 0 Å². The van der Waals surface area contributed by atoms with E-state index in [1.165, 1.54) is 0 Å². The van der Waals surface area contributed by atoms with Crippen LogP contribution in [-0.2, 0) is 12.1 Å². The van der Waals surface area contributed by atoms with Crippen molar-refractivity contribution in [1.29, 1.82) is 0 Å². The van der Waals surface area contributed by atoms with Crippen molar-refractivity contribution < 1.29 is 9.90 Å². The van der Waals surface area contributed by atoms with E-state index in [2.05, 4.69) is 12.0 Å². The maximum atomic E-state index is 12.9. The van der Waals surface area contributed by atoms with Gasteiger partial charge in [0.1, 0.15) is 5.60 Å². The Morgan fingerprint density at radius 2 is 2.08 bits per heavy atom. The molecule has 2 aromatic rings. The molecule has 0 radical (unpaired) electrons. The summed E-state index contributed by atoms with van der Waals surface area (Å²) < 4.78 is 1.87. The maximum Gasteiger partial charge on any atom is 0.257 e. The first-order chi connectivity index (χ1) is 11.5. The Morgan fingerprint density at radius 3 is 2.79 bits per heavy atom. The van der Waals surface area contributed by atoms with Gasteiger partial charge in [-0.3, -0.25) is 9.48 Å². The number of aliphatic hydroxyl groups is 1. The lowest BCUT2D eigenvalue weighted by molar-refractivity contribution is 0.0412. The molecule has 1 aliphatic heterocycles. The summed E-state index contributed by atoms with van der Waals surface area (Å²) in [5, 5.41) is 15.4. The molecule has 1 aromatic heterocycles. The smallest absolute Gasteiger partial charge is 0.257 e. The lowest BCUT2D eigenvalue weighted by atomic mass is 9.89. The van der Waals surface area contributed by atoms with Gasteiger partial charge in [-0.1, -0.05) is 31.2 Å². The maximum absolute atomic E-state index is 12.9. The zero-order valence-corrected chi connectivity index (χ0v) is 14.6. The summed E-state index contributed by atoms with van der Waals surface area (Å²) in [7, 11) is 0. The third kappa shape index (κ3) is 2.84. The number of amides is 1. The molecule has 2 heterocycles. The normalized spacial score (nSPS) is 20.6. The number of hydrogen-bond donors (Lipinski definition) is 1. The van der Waals surface area contributed by atoms with Crippen LogP contribution in [0, 0.1) is 13.8 Å². The Kier molecular flexibility index (Phi) is 4.45. The summed E-state index contributed by atoms with van der Waals surface area (Å²) in [6.45, 7) is 7.71. The number of nitrogens with zero attached hydrogens (tertiary/aromatic N) is 3. The average molecular weight is 327 g/mol. The van der Waals surface area contributed by atoms with E-state index in [0.717, 1.165) is 29.8 Å². The molecule has 0 saturated carbocycles. The summed E-state index contributed by atoms with van der Waals surface area (Å²) in [6, 6.07) is 7.85. The van der Waals surface area contributed by atoms with Gasteiger partial charge in [-0.2, -0.15) is 5.10 Å². The van der Waals surface area contributed by atoms with Gasteiger partial charge in [0.15, 0.2) is 0 Å². The molecule has 1 atom stereocenters. The van der Waals surface area contributed by atoms with Crippen LogP contribution in [0.2, 0.25) is 0 Å². The van der Waals surface area contributed by atoms with Crippen LogP contribution in [0.4, 0.5) is 0 Å². The van der Waals surface area contributed by atoms with Gasteiger partial charge in [-0.25, -0.2) is 0 Å². The predicted molar refractivity (Wildman–Crippen MR) is 92.9 cm³/mol. The summed E-state index contributed by atoms with van der Waals surface area (Å²) in [4.78, 5) is 14.6. The molecule has 1 amide bonds. The molecule has 1 aromatic carbocycles. The predicted octanol–water partition coefficient (Wildman–Crippen LogP) is 2.64. The molecule has 0 bridgehead atoms. The molecule has 1 aliphatic rings. The molecule has 1 fully saturated rings. The lowest BCUT2D eigenvalue weighted by Gasteiger charge is -2.25. The number of aromatic nitrogens is 2. The van der Waals surface area contributed by atoms with Crippen molar-refractivity contribution in [3.8, 4) is 0 Å². The molecule has 5 nitrogen and oxygen atoms in total. The second-order valence-corrected chi connectivity index (χ2v) is 6.69. The zero-order chi connectivity index (χ0) is 17.3. The van der Waals surface area contributed by atoms with Crippen molar-refractivity contribution in [3.05, 3.63) is 52.8 Å². The summed E-state index contributed by atoms with van der Waals surface area (Å²) in [5.74, 6) is -0.0423. The molecule has 5 heteroatoms. The Balaban J connectivity index is 1.80. The minimum atomic E-state index is -0.964. The van der Waals surface area contributed by atoms with E-state index in [-0.39, 0.29) is 5.91 Å². The van der Waals surface area contributed by atoms with Crippen LogP contribution >= 0.6 is 0 Å². The topological polar surface area (TPSA) is 58.4 Å². The quantitative estimate of drug-likeness (QED) is 0.939. The van der Waals surface area contributed by atoms with Crippen molar-refractivity contribution in [1.82, 2.24) is 14.7 Å². The van der Waals surface area contributed by atoms with Crippen LogP contribution in [0.15, 0.2) is 30.5 Å². The van der Waals surface area contributed by atoms with E-state index in [1.54, 1.807) is 11.1 Å². The molecule has 1 saturated heterocycles. The average Bonchev–Trinajstić information content (AvgIpc) is 3.13. The van der Waals surface area contributed by atoms with Crippen molar-refractivity contribution in [3.63, 3.8) is 0 Å². The molecular formula is C19H25N3O2. The third-order valence-electron chi connectivity index (χ3n) is 4.95. The van der Waals surface area contributed by atoms with Crippen LogP contribution < -0.4 is 0 Å². The van der Waals surface area contributed by atoms with Gasteiger partial charge in [0.25, 0.3) is 5.91 Å². The second kappa shape index (κ2) is 6.40. The SMILES string of the molecule is CCCn1ncc(C(=O)N2CC[C@@](O)(c3ccccc3C)C2)c1C. The van der Waals surface area contributed by atoms with Gasteiger partial charge in [0, 0.05) is 18.8 Å². The molecule has 24 heavy (non-hydrogen) atoms. The number of rotatable bonds is 4. The van der Waals surface area contributed by atoms with Crippen LogP contribution in [0.3, 0.4) is 0 Å². The molecule has 0 unspecified atom stereocenters. The van der Waals surface area contributed by atoms with E-state index in [4.69, 9.17) is 0 Å². The molecular weight excluding hydrogens is 302 g/mol. The van der Waals surface area contributed by atoms with Crippen LogP contribution in [0.1, 0.15) is 46.9 Å². The van der Waals surface area contributed by atoms with E-state index < -0.39 is 5.60 Å². The van der Waals surface area contributed by atoms with E-state index in [9.17, 15) is 9.90 Å². The van der Waals surface area contributed by atoms with Crippen molar-refractivity contribution in [2.24, 2.45) is 0 Å². The van der Waals surface area contributed by atoms with E-state index in [0.29, 0.717) is 25.1 Å². The Hall–Kier alpha value is -2.14. The summed E-state index contributed by atoms with van der Waals surface area (Å²) >= 11 is 0. The molecule has 128 valence electrons. The van der Waals surface area contributed by atoms with Gasteiger partial charge >= 0.3 is 0 Å². The van der Waals surface area contributed by atoms with E-state index >= 15 is 0 Å².